The Morgan fingerprint density at radius 3 is 2.35 bits per heavy atom. The van der Waals surface area contributed by atoms with E-state index in [1.807, 2.05) is 0 Å². The van der Waals surface area contributed by atoms with E-state index in [1.54, 1.807) is 31.2 Å². The van der Waals surface area contributed by atoms with Gasteiger partial charge in [0.15, 0.2) is 0 Å². The fourth-order valence-electron chi connectivity index (χ4n) is 1.50. The molecule has 0 aromatic heterocycles. The van der Waals surface area contributed by atoms with E-state index < -0.39 is 6.10 Å². The average Bonchev–Trinajstić information content (AvgIpc) is 2.37. The summed E-state index contributed by atoms with van der Waals surface area (Å²) in [5.74, 6) is 5.04. The van der Waals surface area contributed by atoms with Crippen LogP contribution in [0.15, 0.2) is 24.3 Å². The summed E-state index contributed by atoms with van der Waals surface area (Å²) in [5.41, 5.74) is 1.61. The Kier molecular flexibility index (Phi) is 6.06. The van der Waals surface area contributed by atoms with Gasteiger partial charge in [0.2, 0.25) is 0 Å². The maximum absolute atomic E-state index is 8.84. The van der Waals surface area contributed by atoms with Crippen LogP contribution in [0.3, 0.4) is 0 Å². The normalized spacial score (nSPS) is 14.6. The lowest BCUT2D eigenvalue weighted by Crippen LogP contribution is -2.18. The molecule has 0 fully saturated rings. The van der Waals surface area contributed by atoms with Crippen molar-refractivity contribution < 1.29 is 25.1 Å². The lowest BCUT2D eigenvalue weighted by molar-refractivity contribution is -0.287. The van der Waals surface area contributed by atoms with Gasteiger partial charge in [-0.2, -0.15) is 0 Å². The topological polar surface area (TPSA) is 94.2 Å². The van der Waals surface area contributed by atoms with Crippen molar-refractivity contribution in [3.63, 3.8) is 0 Å². The van der Waals surface area contributed by atoms with Crippen LogP contribution < -0.4 is 5.90 Å². The van der Waals surface area contributed by atoms with Gasteiger partial charge in [-0.3, -0.25) is 10.5 Å². The quantitative estimate of drug-likeness (QED) is 0.500. The Morgan fingerprint density at radius 1 is 1.24 bits per heavy atom. The van der Waals surface area contributed by atoms with Gasteiger partial charge >= 0.3 is 0 Å². The van der Waals surface area contributed by atoms with E-state index in [-0.39, 0.29) is 12.7 Å². The maximum Gasteiger partial charge on any atom is 0.120 e. The average molecular weight is 243 g/mol. The van der Waals surface area contributed by atoms with E-state index in [0.29, 0.717) is 6.42 Å². The van der Waals surface area contributed by atoms with Gasteiger partial charge in [-0.05, 0) is 18.1 Å². The summed E-state index contributed by atoms with van der Waals surface area (Å²) in [6.45, 7) is 1.90. The van der Waals surface area contributed by atoms with Gasteiger partial charge in [-0.15, -0.1) is 0 Å². The first-order valence-corrected chi connectivity index (χ1v) is 5.22. The van der Waals surface area contributed by atoms with Crippen LogP contribution in [0, 0.1) is 0 Å². The number of rotatable bonds is 7. The highest BCUT2D eigenvalue weighted by Crippen LogP contribution is 2.23. The SMILES string of the molecule is CC(CC(OO)c1ccc(COO)cc1)ON. The zero-order chi connectivity index (χ0) is 12.7. The lowest BCUT2D eigenvalue weighted by atomic mass is 10.0. The fraction of sp³-hybridized carbons (Fsp3) is 0.455. The van der Waals surface area contributed by atoms with Crippen molar-refractivity contribution in [3.05, 3.63) is 35.4 Å². The van der Waals surface area contributed by atoms with Crippen LogP contribution in [-0.4, -0.2) is 16.6 Å². The fourth-order valence-corrected chi connectivity index (χ4v) is 1.50. The zero-order valence-corrected chi connectivity index (χ0v) is 9.57. The number of hydrogen-bond donors (Lipinski definition) is 3. The molecular weight excluding hydrogens is 226 g/mol. The standard InChI is InChI=1S/C11H17NO5/c1-8(16-12)6-11(17-14)10-4-2-9(3-5-10)7-15-13/h2-5,8,11,13-14H,6-7,12H2,1H3. The van der Waals surface area contributed by atoms with Gasteiger partial charge in [-0.25, -0.2) is 15.7 Å². The predicted octanol–water partition coefficient (Wildman–Crippen LogP) is 1.88. The minimum Gasteiger partial charge on any atom is -0.302 e. The van der Waals surface area contributed by atoms with Crippen LogP contribution in [0.5, 0.6) is 0 Å². The summed E-state index contributed by atoms with van der Waals surface area (Å²) in [7, 11) is 0. The molecule has 0 saturated heterocycles. The van der Waals surface area contributed by atoms with Gasteiger partial charge in [0, 0.05) is 6.42 Å². The highest BCUT2D eigenvalue weighted by atomic mass is 17.1. The summed E-state index contributed by atoms with van der Waals surface area (Å²) in [5, 5.41) is 17.1. The smallest absolute Gasteiger partial charge is 0.120 e. The van der Waals surface area contributed by atoms with Crippen molar-refractivity contribution in [1.29, 1.82) is 0 Å². The molecule has 2 unspecified atom stereocenters. The van der Waals surface area contributed by atoms with Crippen LogP contribution in [0.1, 0.15) is 30.6 Å². The minimum atomic E-state index is -0.502. The molecule has 1 rings (SSSR count). The first-order chi connectivity index (χ1) is 8.21. The predicted molar refractivity (Wildman–Crippen MR) is 59.7 cm³/mol. The van der Waals surface area contributed by atoms with Crippen molar-refractivity contribution in [3.8, 4) is 0 Å². The van der Waals surface area contributed by atoms with E-state index >= 15 is 0 Å². The van der Waals surface area contributed by atoms with Crippen LogP contribution in [0.2, 0.25) is 0 Å². The Balaban J connectivity index is 2.68. The number of benzene rings is 1. The molecule has 2 atom stereocenters. The second kappa shape index (κ2) is 7.33. The molecule has 0 saturated carbocycles. The first kappa shape index (κ1) is 14.0. The Bertz CT molecular complexity index is 316. The molecule has 17 heavy (non-hydrogen) atoms. The van der Waals surface area contributed by atoms with Crippen molar-refractivity contribution in [2.45, 2.75) is 32.2 Å². The van der Waals surface area contributed by atoms with E-state index in [1.165, 1.54) is 0 Å². The lowest BCUT2D eigenvalue weighted by Gasteiger charge is -2.17. The molecule has 0 aliphatic carbocycles. The van der Waals surface area contributed by atoms with E-state index in [2.05, 4.69) is 14.6 Å². The summed E-state index contributed by atoms with van der Waals surface area (Å²) in [6, 6.07) is 7.09. The largest absolute Gasteiger partial charge is 0.302 e. The monoisotopic (exact) mass is 243 g/mol. The van der Waals surface area contributed by atoms with Gasteiger partial charge in [0.05, 0.1) is 6.10 Å². The molecule has 0 spiro atoms. The highest BCUT2D eigenvalue weighted by molar-refractivity contribution is 5.23. The van der Waals surface area contributed by atoms with E-state index in [9.17, 15) is 0 Å². The van der Waals surface area contributed by atoms with Crippen LogP contribution in [0.25, 0.3) is 0 Å². The number of hydrogen-bond acceptors (Lipinski definition) is 6. The molecule has 6 nitrogen and oxygen atoms in total. The summed E-state index contributed by atoms with van der Waals surface area (Å²) in [4.78, 5) is 13.0. The Labute approximate surface area is 99.3 Å². The number of nitrogens with two attached hydrogens (primary N) is 1. The highest BCUT2D eigenvalue weighted by Gasteiger charge is 2.16. The molecule has 1 aromatic rings. The van der Waals surface area contributed by atoms with Crippen LogP contribution >= 0.6 is 0 Å². The summed E-state index contributed by atoms with van der Waals surface area (Å²) in [6.07, 6.45) is -0.298. The molecular formula is C11H17NO5. The van der Waals surface area contributed by atoms with Gasteiger partial charge in [0.1, 0.15) is 12.7 Å². The summed E-state index contributed by atoms with van der Waals surface area (Å²) < 4.78 is 0. The van der Waals surface area contributed by atoms with Crippen molar-refractivity contribution in [2.75, 3.05) is 0 Å². The van der Waals surface area contributed by atoms with Gasteiger partial charge in [0.25, 0.3) is 0 Å². The summed E-state index contributed by atoms with van der Waals surface area (Å²) >= 11 is 0. The zero-order valence-electron chi connectivity index (χ0n) is 9.57. The molecule has 0 bridgehead atoms. The molecule has 4 N–H and O–H groups in total. The van der Waals surface area contributed by atoms with Crippen molar-refractivity contribution >= 4 is 0 Å². The molecule has 0 aliphatic rings. The van der Waals surface area contributed by atoms with Crippen LogP contribution in [0.4, 0.5) is 0 Å². The molecule has 96 valence electrons. The third kappa shape index (κ3) is 4.39. The molecule has 6 heteroatoms. The van der Waals surface area contributed by atoms with Crippen molar-refractivity contribution in [1.82, 2.24) is 0 Å². The molecule has 1 aromatic carbocycles. The molecule has 0 amide bonds. The van der Waals surface area contributed by atoms with Gasteiger partial charge < -0.3 is 4.84 Å². The van der Waals surface area contributed by atoms with Crippen molar-refractivity contribution in [2.24, 2.45) is 5.90 Å². The van der Waals surface area contributed by atoms with Gasteiger partial charge in [-0.1, -0.05) is 24.3 Å². The second-order valence-corrected chi connectivity index (χ2v) is 3.79. The molecule has 0 heterocycles. The first-order valence-electron chi connectivity index (χ1n) is 5.22. The minimum absolute atomic E-state index is 0.118. The third-order valence-corrected chi connectivity index (χ3v) is 2.49. The second-order valence-electron chi connectivity index (χ2n) is 3.79. The van der Waals surface area contributed by atoms with Crippen LogP contribution in [-0.2, 0) is 21.2 Å². The molecule has 0 radical (unpaired) electrons. The molecule has 0 aliphatic heterocycles. The van der Waals surface area contributed by atoms with E-state index in [4.69, 9.17) is 16.4 Å². The third-order valence-electron chi connectivity index (χ3n) is 2.49. The van der Waals surface area contributed by atoms with E-state index in [0.717, 1.165) is 11.1 Å². The Hall–Kier alpha value is -1.02. The maximum atomic E-state index is 8.84. The Morgan fingerprint density at radius 2 is 1.88 bits per heavy atom.